The van der Waals surface area contributed by atoms with E-state index in [0.29, 0.717) is 5.92 Å². The van der Waals surface area contributed by atoms with Crippen molar-refractivity contribution < 1.29 is 0 Å². The first-order valence-electron chi connectivity index (χ1n) is 5.71. The van der Waals surface area contributed by atoms with Crippen LogP contribution in [0.2, 0.25) is 0 Å². The summed E-state index contributed by atoms with van der Waals surface area (Å²) in [5.74, 6) is 0.502. The summed E-state index contributed by atoms with van der Waals surface area (Å²) in [5, 5.41) is 12.5. The summed E-state index contributed by atoms with van der Waals surface area (Å²) in [6, 6.07) is 10.5. The fraction of sp³-hybridized carbons (Fsp3) is 0.500. The minimum absolute atomic E-state index is 0.483. The first-order valence-corrected chi connectivity index (χ1v) is 5.71. The fourth-order valence-electron chi connectivity index (χ4n) is 1.90. The Morgan fingerprint density at radius 2 is 1.88 bits per heavy atom. The Kier molecular flexibility index (Phi) is 3.95. The van der Waals surface area contributed by atoms with Crippen molar-refractivity contribution in [3.05, 3.63) is 29.8 Å². The molecule has 0 amide bonds. The number of rotatable bonds is 4. The van der Waals surface area contributed by atoms with Crippen LogP contribution in [-0.2, 0) is 0 Å². The maximum atomic E-state index is 9.24. The van der Waals surface area contributed by atoms with Gasteiger partial charge in [-0.2, -0.15) is 5.26 Å². The molecular weight excluding hydrogens is 196 g/mol. The van der Waals surface area contributed by atoms with Crippen LogP contribution in [0.15, 0.2) is 24.3 Å². The van der Waals surface area contributed by atoms with Gasteiger partial charge in [-0.3, -0.25) is 0 Å². The van der Waals surface area contributed by atoms with Crippen molar-refractivity contribution in [2.45, 2.75) is 39.7 Å². The second-order valence-electron chi connectivity index (χ2n) is 5.03. The molecule has 1 aromatic rings. The van der Waals surface area contributed by atoms with Crippen molar-refractivity contribution in [2.24, 2.45) is 5.92 Å². The predicted molar refractivity (Wildman–Crippen MR) is 68.3 cm³/mol. The van der Waals surface area contributed by atoms with Gasteiger partial charge in [0.15, 0.2) is 0 Å². The molecule has 1 N–H and O–H groups in total. The van der Waals surface area contributed by atoms with Gasteiger partial charge in [-0.1, -0.05) is 31.5 Å². The smallest absolute Gasteiger partial charge is 0.122 e. The molecule has 1 unspecified atom stereocenters. The van der Waals surface area contributed by atoms with Crippen LogP contribution in [0.3, 0.4) is 0 Å². The Morgan fingerprint density at radius 1 is 1.31 bits per heavy atom. The van der Waals surface area contributed by atoms with E-state index < -0.39 is 5.54 Å². The lowest BCUT2D eigenvalue weighted by molar-refractivity contribution is 0.474. The molecule has 86 valence electrons. The largest absolute Gasteiger partial charge is 0.368 e. The molecule has 0 fully saturated rings. The maximum absolute atomic E-state index is 9.24. The lowest BCUT2D eigenvalue weighted by Crippen LogP contribution is -2.34. The average molecular weight is 216 g/mol. The van der Waals surface area contributed by atoms with Crippen molar-refractivity contribution >= 4 is 5.69 Å². The number of anilines is 1. The van der Waals surface area contributed by atoms with E-state index in [-0.39, 0.29) is 0 Å². The molecule has 2 nitrogen and oxygen atoms in total. The minimum Gasteiger partial charge on any atom is -0.368 e. The molecule has 0 aliphatic heterocycles. The number of nitriles is 1. The maximum Gasteiger partial charge on any atom is 0.122 e. The van der Waals surface area contributed by atoms with Gasteiger partial charge in [0.05, 0.1) is 6.07 Å². The highest BCUT2D eigenvalue weighted by Crippen LogP contribution is 2.22. The van der Waals surface area contributed by atoms with Gasteiger partial charge in [-0.15, -0.1) is 0 Å². The van der Waals surface area contributed by atoms with Crippen molar-refractivity contribution in [3.63, 3.8) is 0 Å². The van der Waals surface area contributed by atoms with Crippen molar-refractivity contribution in [1.29, 1.82) is 5.26 Å². The second-order valence-corrected chi connectivity index (χ2v) is 5.03. The third-order valence-electron chi connectivity index (χ3n) is 2.54. The molecule has 1 aromatic carbocycles. The molecule has 1 rings (SSSR count). The van der Waals surface area contributed by atoms with Gasteiger partial charge in [-0.05, 0) is 38.3 Å². The molecular formula is C14H20N2. The molecule has 0 heterocycles. The molecule has 1 atom stereocenters. The van der Waals surface area contributed by atoms with Crippen molar-refractivity contribution in [1.82, 2.24) is 0 Å². The molecule has 0 saturated carbocycles. The van der Waals surface area contributed by atoms with Crippen LogP contribution >= 0.6 is 0 Å². The summed E-state index contributed by atoms with van der Waals surface area (Å²) in [6.45, 7) is 8.27. The van der Waals surface area contributed by atoms with E-state index in [2.05, 4.69) is 44.3 Å². The lowest BCUT2D eigenvalue weighted by atomic mass is 9.92. The summed E-state index contributed by atoms with van der Waals surface area (Å²) in [6.07, 6.45) is 0.845. The zero-order valence-electron chi connectivity index (χ0n) is 10.5. The molecule has 2 heteroatoms. The van der Waals surface area contributed by atoms with Crippen LogP contribution < -0.4 is 5.32 Å². The van der Waals surface area contributed by atoms with Gasteiger partial charge in [0.25, 0.3) is 0 Å². The van der Waals surface area contributed by atoms with Gasteiger partial charge < -0.3 is 5.32 Å². The molecule has 0 aromatic heterocycles. The van der Waals surface area contributed by atoms with Gasteiger partial charge in [0.2, 0.25) is 0 Å². The molecule has 0 spiro atoms. The number of aryl methyl sites for hydroxylation is 1. The summed E-state index contributed by atoms with van der Waals surface area (Å²) in [4.78, 5) is 0. The molecule has 0 aliphatic carbocycles. The van der Waals surface area contributed by atoms with Crippen molar-refractivity contribution in [3.8, 4) is 6.07 Å². The minimum atomic E-state index is -0.483. The highest BCUT2D eigenvalue weighted by atomic mass is 15.0. The van der Waals surface area contributed by atoms with E-state index in [1.54, 1.807) is 0 Å². The molecule has 0 aliphatic rings. The van der Waals surface area contributed by atoms with Crippen molar-refractivity contribution in [2.75, 3.05) is 5.32 Å². The van der Waals surface area contributed by atoms with Crippen LogP contribution in [0, 0.1) is 24.2 Å². The number of nitrogens with zero attached hydrogens (tertiary/aromatic N) is 1. The van der Waals surface area contributed by atoms with Crippen LogP contribution in [0.1, 0.15) is 32.8 Å². The first-order chi connectivity index (χ1) is 7.45. The average Bonchev–Trinajstić information content (AvgIpc) is 2.20. The van der Waals surface area contributed by atoms with Gasteiger partial charge in [0.1, 0.15) is 5.54 Å². The number of benzene rings is 1. The molecule has 0 bridgehead atoms. The van der Waals surface area contributed by atoms with Gasteiger partial charge in [0, 0.05) is 5.69 Å². The topological polar surface area (TPSA) is 35.8 Å². The third kappa shape index (κ3) is 3.58. The Morgan fingerprint density at radius 3 is 2.31 bits per heavy atom. The molecule has 0 radical (unpaired) electrons. The summed E-state index contributed by atoms with van der Waals surface area (Å²) in [7, 11) is 0. The quantitative estimate of drug-likeness (QED) is 0.832. The second kappa shape index (κ2) is 5.03. The zero-order valence-corrected chi connectivity index (χ0v) is 10.5. The fourth-order valence-corrected chi connectivity index (χ4v) is 1.90. The highest BCUT2D eigenvalue weighted by Gasteiger charge is 2.24. The number of hydrogen-bond donors (Lipinski definition) is 1. The van der Waals surface area contributed by atoms with Crippen LogP contribution in [-0.4, -0.2) is 5.54 Å². The number of hydrogen-bond acceptors (Lipinski definition) is 2. The monoisotopic (exact) mass is 216 g/mol. The van der Waals surface area contributed by atoms with E-state index in [4.69, 9.17) is 0 Å². The van der Waals surface area contributed by atoms with Gasteiger partial charge in [-0.25, -0.2) is 0 Å². The van der Waals surface area contributed by atoms with E-state index in [1.165, 1.54) is 5.56 Å². The summed E-state index contributed by atoms with van der Waals surface area (Å²) >= 11 is 0. The Balaban J connectivity index is 2.77. The summed E-state index contributed by atoms with van der Waals surface area (Å²) in [5.41, 5.74) is 1.76. The summed E-state index contributed by atoms with van der Waals surface area (Å²) < 4.78 is 0. The van der Waals surface area contributed by atoms with Gasteiger partial charge >= 0.3 is 0 Å². The highest BCUT2D eigenvalue weighted by molar-refractivity contribution is 5.48. The lowest BCUT2D eigenvalue weighted by Gasteiger charge is -2.26. The Bertz CT molecular complexity index is 373. The van der Waals surface area contributed by atoms with Crippen LogP contribution in [0.5, 0.6) is 0 Å². The third-order valence-corrected chi connectivity index (χ3v) is 2.54. The molecule has 16 heavy (non-hydrogen) atoms. The SMILES string of the molecule is Cc1ccc(NC(C)(C#N)CC(C)C)cc1. The van der Waals surface area contributed by atoms with Crippen LogP contribution in [0.25, 0.3) is 0 Å². The van der Waals surface area contributed by atoms with E-state index in [9.17, 15) is 5.26 Å². The first kappa shape index (κ1) is 12.6. The van der Waals surface area contributed by atoms with Crippen LogP contribution in [0.4, 0.5) is 5.69 Å². The number of nitrogens with one attached hydrogen (secondary N) is 1. The van der Waals surface area contributed by atoms with E-state index in [1.807, 2.05) is 19.1 Å². The normalized spacial score (nSPS) is 14.2. The standard InChI is InChI=1S/C14H20N2/c1-11(2)9-14(4,10-15)16-13-7-5-12(3)6-8-13/h5-8,11,16H,9H2,1-4H3. The molecule has 0 saturated heterocycles. The predicted octanol–water partition coefficient (Wildman–Crippen LogP) is 3.74. The Labute approximate surface area is 98.3 Å². The van der Waals surface area contributed by atoms with E-state index >= 15 is 0 Å². The Hall–Kier alpha value is -1.49. The zero-order chi connectivity index (χ0) is 12.2. The van der Waals surface area contributed by atoms with E-state index in [0.717, 1.165) is 12.1 Å².